The Kier molecular flexibility index (Phi) is 4.94. The molecule has 0 saturated heterocycles. The van der Waals surface area contributed by atoms with Gasteiger partial charge in [0, 0.05) is 4.88 Å². The lowest BCUT2D eigenvalue weighted by Gasteiger charge is -2.33. The number of carbonyl (C=O) groups is 1. The van der Waals surface area contributed by atoms with E-state index in [0.717, 1.165) is 29.5 Å². The Hall–Kier alpha value is -1.76. The lowest BCUT2D eigenvalue weighted by atomic mass is 9.72. The van der Waals surface area contributed by atoms with Gasteiger partial charge in [0.2, 0.25) is 0 Å². The molecule has 2 heterocycles. The molecule has 3 rings (SSSR count). The number of fused-ring (bicyclic) bond motifs is 3. The van der Waals surface area contributed by atoms with E-state index in [0.29, 0.717) is 16.1 Å². The lowest BCUT2D eigenvalue weighted by molar-refractivity contribution is -0.151. The van der Waals surface area contributed by atoms with Crippen LogP contribution in [0.5, 0.6) is 0 Å². The molecule has 0 bridgehead atoms. The van der Waals surface area contributed by atoms with E-state index in [2.05, 4.69) is 31.1 Å². The fourth-order valence-electron chi connectivity index (χ4n) is 3.53. The second-order valence-electron chi connectivity index (χ2n) is 8.49. The van der Waals surface area contributed by atoms with Crippen molar-refractivity contribution < 1.29 is 9.53 Å². The number of esters is 1. The summed E-state index contributed by atoms with van der Waals surface area (Å²) in [4.78, 5) is 27.1. The van der Waals surface area contributed by atoms with E-state index >= 15 is 0 Å². The highest BCUT2D eigenvalue weighted by Crippen LogP contribution is 2.41. The predicted molar refractivity (Wildman–Crippen MR) is 103 cm³/mol. The molecule has 0 amide bonds. The monoisotopic (exact) mass is 377 g/mol. The maximum Gasteiger partial charge on any atom is 0.331 e. The van der Waals surface area contributed by atoms with Gasteiger partial charge in [-0.1, -0.05) is 26.0 Å². The minimum absolute atomic E-state index is 0.236. The van der Waals surface area contributed by atoms with Crippen LogP contribution in [0.25, 0.3) is 10.2 Å². The standard InChI is InChI=1S/C19H27N3O3S/c1-10(2)25-18(24)11(3)22-17(23)15-13-8-7-12(19(4,5)6)9-14(13)26-16(15)20-21-22/h10-12H,7-9H2,1-6H3/t11-,12-/m1/s1. The molecule has 0 N–H and O–H groups in total. The Bertz CT molecular complexity index is 892. The molecule has 0 saturated carbocycles. The van der Waals surface area contributed by atoms with Gasteiger partial charge in [-0.05, 0) is 56.9 Å². The van der Waals surface area contributed by atoms with Gasteiger partial charge in [0.1, 0.15) is 0 Å². The van der Waals surface area contributed by atoms with E-state index in [4.69, 9.17) is 4.74 Å². The quantitative estimate of drug-likeness (QED) is 0.765. The van der Waals surface area contributed by atoms with Crippen LogP contribution in [0.4, 0.5) is 0 Å². The first-order valence-corrected chi connectivity index (χ1v) is 10.0. The number of rotatable bonds is 3. The van der Waals surface area contributed by atoms with Gasteiger partial charge >= 0.3 is 5.97 Å². The zero-order valence-corrected chi connectivity index (χ0v) is 17.1. The minimum Gasteiger partial charge on any atom is -0.461 e. The van der Waals surface area contributed by atoms with Gasteiger partial charge in [-0.3, -0.25) is 4.79 Å². The third kappa shape index (κ3) is 3.41. The van der Waals surface area contributed by atoms with Crippen LogP contribution in [0, 0.1) is 11.3 Å². The third-order valence-electron chi connectivity index (χ3n) is 5.19. The van der Waals surface area contributed by atoms with Gasteiger partial charge in [-0.2, -0.15) is 4.68 Å². The summed E-state index contributed by atoms with van der Waals surface area (Å²) in [7, 11) is 0. The molecule has 2 atom stereocenters. The molecule has 0 aromatic carbocycles. The molecular formula is C19H27N3O3S. The highest BCUT2D eigenvalue weighted by molar-refractivity contribution is 7.18. The summed E-state index contributed by atoms with van der Waals surface area (Å²) in [6.07, 6.45) is 2.68. The van der Waals surface area contributed by atoms with Crippen molar-refractivity contribution >= 4 is 27.5 Å². The van der Waals surface area contributed by atoms with Crippen LogP contribution in [-0.2, 0) is 22.4 Å². The molecular weight excluding hydrogens is 350 g/mol. The number of thiophene rings is 1. The number of aryl methyl sites for hydroxylation is 1. The molecule has 0 fully saturated rings. The summed E-state index contributed by atoms with van der Waals surface area (Å²) < 4.78 is 6.38. The van der Waals surface area contributed by atoms with E-state index in [1.54, 1.807) is 32.1 Å². The molecule has 2 aromatic rings. The zero-order chi connectivity index (χ0) is 19.2. The van der Waals surface area contributed by atoms with E-state index in [1.165, 1.54) is 4.88 Å². The van der Waals surface area contributed by atoms with Crippen molar-refractivity contribution in [1.29, 1.82) is 0 Å². The Morgan fingerprint density at radius 3 is 2.62 bits per heavy atom. The van der Waals surface area contributed by atoms with E-state index in [1.807, 2.05) is 0 Å². The third-order valence-corrected chi connectivity index (χ3v) is 6.32. The first-order valence-electron chi connectivity index (χ1n) is 9.19. The average Bonchev–Trinajstić information content (AvgIpc) is 2.91. The summed E-state index contributed by atoms with van der Waals surface area (Å²) in [6.45, 7) is 12.0. The van der Waals surface area contributed by atoms with Crippen LogP contribution in [0.2, 0.25) is 0 Å². The normalized spacial score (nSPS) is 18.8. The van der Waals surface area contributed by atoms with Crippen LogP contribution in [-0.4, -0.2) is 27.1 Å². The highest BCUT2D eigenvalue weighted by atomic mass is 32.1. The number of carbonyl (C=O) groups excluding carboxylic acids is 1. The van der Waals surface area contributed by atoms with Crippen molar-refractivity contribution in [2.75, 3.05) is 0 Å². The Labute approximate surface area is 157 Å². The van der Waals surface area contributed by atoms with Crippen molar-refractivity contribution in [2.45, 2.75) is 73.0 Å². The topological polar surface area (TPSA) is 74.1 Å². The zero-order valence-electron chi connectivity index (χ0n) is 16.3. The summed E-state index contributed by atoms with van der Waals surface area (Å²) in [5.74, 6) is 0.130. The summed E-state index contributed by atoms with van der Waals surface area (Å²) in [5.41, 5.74) is 1.10. The lowest BCUT2D eigenvalue weighted by Crippen LogP contribution is -2.33. The largest absolute Gasteiger partial charge is 0.461 e. The van der Waals surface area contributed by atoms with Gasteiger partial charge in [-0.25, -0.2) is 4.79 Å². The Balaban J connectivity index is 2.01. The molecule has 6 nitrogen and oxygen atoms in total. The molecule has 1 aliphatic rings. The molecule has 142 valence electrons. The van der Waals surface area contributed by atoms with Crippen molar-refractivity contribution in [3.8, 4) is 0 Å². The Morgan fingerprint density at radius 2 is 2.00 bits per heavy atom. The van der Waals surface area contributed by atoms with Gasteiger partial charge in [0.25, 0.3) is 5.56 Å². The molecule has 0 spiro atoms. The van der Waals surface area contributed by atoms with E-state index < -0.39 is 12.0 Å². The molecule has 0 unspecified atom stereocenters. The number of hydrogen-bond donors (Lipinski definition) is 0. The molecule has 1 aliphatic carbocycles. The molecule has 2 aromatic heterocycles. The SMILES string of the molecule is CC(C)OC(=O)[C@@H](C)n1nnc2sc3c(c2c1=O)CC[C@@H](C(C)(C)C)C3. The smallest absolute Gasteiger partial charge is 0.331 e. The minimum atomic E-state index is -0.789. The predicted octanol–water partition coefficient (Wildman–Crippen LogP) is 3.52. The molecule has 0 aliphatic heterocycles. The van der Waals surface area contributed by atoms with Gasteiger partial charge in [0.05, 0.1) is 11.5 Å². The maximum atomic E-state index is 13.0. The molecule has 7 heteroatoms. The van der Waals surface area contributed by atoms with Crippen LogP contribution < -0.4 is 5.56 Å². The molecule has 0 radical (unpaired) electrons. The van der Waals surface area contributed by atoms with Gasteiger partial charge < -0.3 is 4.74 Å². The summed E-state index contributed by atoms with van der Waals surface area (Å²) >= 11 is 1.57. The van der Waals surface area contributed by atoms with Crippen LogP contribution in [0.15, 0.2) is 4.79 Å². The second kappa shape index (κ2) is 6.76. The number of hydrogen-bond acceptors (Lipinski definition) is 6. The maximum absolute atomic E-state index is 13.0. The average molecular weight is 378 g/mol. The second-order valence-corrected chi connectivity index (χ2v) is 9.57. The van der Waals surface area contributed by atoms with Crippen LogP contribution in [0.1, 0.15) is 64.4 Å². The van der Waals surface area contributed by atoms with E-state index in [9.17, 15) is 9.59 Å². The van der Waals surface area contributed by atoms with Crippen molar-refractivity contribution in [1.82, 2.24) is 15.0 Å². The molecule has 26 heavy (non-hydrogen) atoms. The fraction of sp³-hybridized carbons (Fsp3) is 0.684. The Morgan fingerprint density at radius 1 is 1.31 bits per heavy atom. The van der Waals surface area contributed by atoms with Crippen molar-refractivity contribution in [3.63, 3.8) is 0 Å². The first-order chi connectivity index (χ1) is 12.1. The van der Waals surface area contributed by atoms with Crippen molar-refractivity contribution in [3.05, 3.63) is 20.8 Å². The summed E-state index contributed by atoms with van der Waals surface area (Å²) in [6, 6.07) is -0.789. The van der Waals surface area contributed by atoms with Crippen LogP contribution in [0.3, 0.4) is 0 Å². The van der Waals surface area contributed by atoms with Crippen LogP contribution >= 0.6 is 11.3 Å². The number of aromatic nitrogens is 3. The highest BCUT2D eigenvalue weighted by Gasteiger charge is 2.32. The summed E-state index contributed by atoms with van der Waals surface area (Å²) in [5, 5.41) is 8.89. The first kappa shape index (κ1) is 19.0. The van der Waals surface area contributed by atoms with Gasteiger partial charge in [-0.15, -0.1) is 16.4 Å². The van der Waals surface area contributed by atoms with E-state index in [-0.39, 0.29) is 17.1 Å². The van der Waals surface area contributed by atoms with Crippen molar-refractivity contribution in [2.24, 2.45) is 11.3 Å². The van der Waals surface area contributed by atoms with Gasteiger partial charge in [0.15, 0.2) is 10.9 Å². The number of ether oxygens (including phenoxy) is 1. The number of nitrogens with zero attached hydrogens (tertiary/aromatic N) is 3. The fourth-order valence-corrected chi connectivity index (χ4v) is 4.76.